The normalized spacial score (nSPS) is 15.2. The molecule has 6 heteroatoms. The second-order valence-electron chi connectivity index (χ2n) is 5.20. The Balaban J connectivity index is 1.87. The number of anilines is 1. The third-order valence-electron chi connectivity index (χ3n) is 3.57. The number of hydrogen-bond acceptors (Lipinski definition) is 3. The third kappa shape index (κ3) is 4.30. The van der Waals surface area contributed by atoms with Crippen molar-refractivity contribution < 1.29 is 14.4 Å². The zero-order chi connectivity index (χ0) is 15.2. The summed E-state index contributed by atoms with van der Waals surface area (Å²) in [4.78, 5) is 34.5. The number of primary amides is 1. The summed E-state index contributed by atoms with van der Waals surface area (Å²) >= 11 is 0. The van der Waals surface area contributed by atoms with Gasteiger partial charge in [-0.15, -0.1) is 0 Å². The SMILES string of the molecule is NC(=O)c1ccc(NC(=O)C(=O)NC2CCCCC2)cc1. The molecule has 0 heterocycles. The van der Waals surface area contributed by atoms with Crippen molar-refractivity contribution in [1.29, 1.82) is 0 Å². The van der Waals surface area contributed by atoms with E-state index in [9.17, 15) is 14.4 Å². The van der Waals surface area contributed by atoms with Gasteiger partial charge in [-0.05, 0) is 37.1 Å². The van der Waals surface area contributed by atoms with Crippen LogP contribution in [0, 0.1) is 0 Å². The minimum Gasteiger partial charge on any atom is -0.366 e. The van der Waals surface area contributed by atoms with Crippen molar-refractivity contribution in [3.05, 3.63) is 29.8 Å². The van der Waals surface area contributed by atoms with Crippen molar-refractivity contribution in [1.82, 2.24) is 5.32 Å². The van der Waals surface area contributed by atoms with Gasteiger partial charge in [0.25, 0.3) is 0 Å². The molecule has 0 atom stereocenters. The predicted octanol–water partition coefficient (Wildman–Crippen LogP) is 1.17. The fourth-order valence-corrected chi connectivity index (χ4v) is 2.40. The standard InChI is InChI=1S/C15H19N3O3/c16-13(19)10-6-8-12(9-7-10)18-15(21)14(20)17-11-4-2-1-3-5-11/h6-9,11H,1-5H2,(H2,16,19)(H,17,20)(H,18,21). The van der Waals surface area contributed by atoms with E-state index < -0.39 is 17.7 Å². The highest BCUT2D eigenvalue weighted by molar-refractivity contribution is 6.39. The molecule has 0 radical (unpaired) electrons. The van der Waals surface area contributed by atoms with Crippen LogP contribution in [0.4, 0.5) is 5.69 Å². The van der Waals surface area contributed by atoms with Gasteiger partial charge in [-0.2, -0.15) is 0 Å². The van der Waals surface area contributed by atoms with E-state index in [2.05, 4.69) is 10.6 Å². The molecule has 1 aromatic rings. The summed E-state index contributed by atoms with van der Waals surface area (Å²) in [5.41, 5.74) is 5.92. The van der Waals surface area contributed by atoms with Gasteiger partial charge in [0.1, 0.15) is 0 Å². The lowest BCUT2D eigenvalue weighted by Crippen LogP contribution is -2.42. The van der Waals surface area contributed by atoms with Crippen LogP contribution < -0.4 is 16.4 Å². The molecule has 4 N–H and O–H groups in total. The summed E-state index contributed by atoms with van der Waals surface area (Å²) in [6.45, 7) is 0. The van der Waals surface area contributed by atoms with E-state index in [1.54, 1.807) is 0 Å². The van der Waals surface area contributed by atoms with Crippen molar-refractivity contribution in [3.8, 4) is 0 Å². The number of hydrogen-bond donors (Lipinski definition) is 3. The number of rotatable bonds is 3. The molecule has 0 aromatic heterocycles. The summed E-state index contributed by atoms with van der Waals surface area (Å²) in [5, 5.41) is 5.24. The molecule has 0 bridgehead atoms. The summed E-state index contributed by atoms with van der Waals surface area (Å²) in [6.07, 6.45) is 5.20. The number of amides is 3. The fourth-order valence-electron chi connectivity index (χ4n) is 2.40. The van der Waals surface area contributed by atoms with Crippen molar-refractivity contribution in [3.63, 3.8) is 0 Å². The van der Waals surface area contributed by atoms with Crippen LogP contribution in [-0.2, 0) is 9.59 Å². The lowest BCUT2D eigenvalue weighted by Gasteiger charge is -2.22. The first-order valence-corrected chi connectivity index (χ1v) is 7.08. The maximum Gasteiger partial charge on any atom is 0.313 e. The maximum absolute atomic E-state index is 11.8. The van der Waals surface area contributed by atoms with Gasteiger partial charge in [0.15, 0.2) is 0 Å². The first-order valence-electron chi connectivity index (χ1n) is 7.08. The Hall–Kier alpha value is -2.37. The highest BCUT2D eigenvalue weighted by Gasteiger charge is 2.20. The summed E-state index contributed by atoms with van der Waals surface area (Å²) < 4.78 is 0. The average molecular weight is 289 g/mol. The molecular formula is C15H19N3O3. The zero-order valence-corrected chi connectivity index (χ0v) is 11.7. The van der Waals surface area contributed by atoms with Gasteiger partial charge in [-0.25, -0.2) is 0 Å². The Morgan fingerprint density at radius 3 is 2.14 bits per heavy atom. The molecular weight excluding hydrogens is 270 g/mol. The van der Waals surface area contributed by atoms with Crippen LogP contribution in [0.2, 0.25) is 0 Å². The first-order chi connectivity index (χ1) is 10.1. The number of carbonyl (C=O) groups is 3. The average Bonchev–Trinajstić information content (AvgIpc) is 2.48. The Morgan fingerprint density at radius 1 is 0.952 bits per heavy atom. The molecule has 0 aliphatic heterocycles. The Kier molecular flexibility index (Phi) is 4.92. The van der Waals surface area contributed by atoms with Crippen molar-refractivity contribution in [2.45, 2.75) is 38.1 Å². The topological polar surface area (TPSA) is 101 Å². The van der Waals surface area contributed by atoms with Gasteiger partial charge < -0.3 is 16.4 Å². The molecule has 112 valence electrons. The zero-order valence-electron chi connectivity index (χ0n) is 11.7. The quantitative estimate of drug-likeness (QED) is 0.728. The smallest absolute Gasteiger partial charge is 0.313 e. The molecule has 21 heavy (non-hydrogen) atoms. The molecule has 1 saturated carbocycles. The monoisotopic (exact) mass is 289 g/mol. The third-order valence-corrected chi connectivity index (χ3v) is 3.57. The van der Waals surface area contributed by atoms with E-state index in [0.717, 1.165) is 25.7 Å². The Bertz CT molecular complexity index is 534. The van der Waals surface area contributed by atoms with E-state index in [4.69, 9.17) is 5.73 Å². The lowest BCUT2D eigenvalue weighted by molar-refractivity contribution is -0.136. The van der Waals surface area contributed by atoms with Crippen LogP contribution in [0.5, 0.6) is 0 Å². The Morgan fingerprint density at radius 2 is 1.57 bits per heavy atom. The van der Waals surface area contributed by atoms with Gasteiger partial charge in [-0.1, -0.05) is 19.3 Å². The molecule has 1 aromatic carbocycles. The molecule has 1 aliphatic rings. The lowest BCUT2D eigenvalue weighted by atomic mass is 9.95. The van der Waals surface area contributed by atoms with Crippen molar-refractivity contribution in [2.24, 2.45) is 5.73 Å². The molecule has 6 nitrogen and oxygen atoms in total. The minimum absolute atomic E-state index is 0.0919. The van der Waals surface area contributed by atoms with Gasteiger partial charge >= 0.3 is 11.8 Å². The molecule has 0 unspecified atom stereocenters. The van der Waals surface area contributed by atoms with Crippen molar-refractivity contribution >= 4 is 23.4 Å². The van der Waals surface area contributed by atoms with E-state index >= 15 is 0 Å². The second-order valence-corrected chi connectivity index (χ2v) is 5.20. The summed E-state index contributed by atoms with van der Waals surface area (Å²) in [7, 11) is 0. The first kappa shape index (κ1) is 15.0. The minimum atomic E-state index is -0.701. The van der Waals surface area contributed by atoms with Gasteiger partial charge in [0.05, 0.1) is 0 Å². The molecule has 0 spiro atoms. The van der Waals surface area contributed by atoms with Crippen LogP contribution in [0.15, 0.2) is 24.3 Å². The van der Waals surface area contributed by atoms with E-state index in [0.29, 0.717) is 11.3 Å². The van der Waals surface area contributed by atoms with E-state index in [1.807, 2.05) is 0 Å². The highest BCUT2D eigenvalue weighted by Crippen LogP contribution is 2.17. The predicted molar refractivity (Wildman–Crippen MR) is 78.6 cm³/mol. The van der Waals surface area contributed by atoms with Crippen LogP contribution >= 0.6 is 0 Å². The van der Waals surface area contributed by atoms with Crippen LogP contribution in [0.1, 0.15) is 42.5 Å². The van der Waals surface area contributed by atoms with E-state index in [1.165, 1.54) is 30.7 Å². The largest absolute Gasteiger partial charge is 0.366 e. The molecule has 0 saturated heterocycles. The second kappa shape index (κ2) is 6.88. The van der Waals surface area contributed by atoms with E-state index in [-0.39, 0.29) is 6.04 Å². The number of benzene rings is 1. The molecule has 2 rings (SSSR count). The number of carbonyl (C=O) groups excluding carboxylic acids is 3. The summed E-state index contributed by atoms with van der Waals surface area (Å²) in [5.74, 6) is -1.86. The fraction of sp³-hybridized carbons (Fsp3) is 0.400. The van der Waals surface area contributed by atoms with Crippen molar-refractivity contribution in [2.75, 3.05) is 5.32 Å². The van der Waals surface area contributed by atoms with Gasteiger partial charge in [-0.3, -0.25) is 14.4 Å². The van der Waals surface area contributed by atoms with Gasteiger partial charge in [0.2, 0.25) is 5.91 Å². The number of nitrogens with one attached hydrogen (secondary N) is 2. The van der Waals surface area contributed by atoms with Crippen LogP contribution in [0.3, 0.4) is 0 Å². The Labute approximate surface area is 123 Å². The summed E-state index contributed by atoms with van der Waals surface area (Å²) in [6, 6.07) is 6.15. The molecule has 3 amide bonds. The van der Waals surface area contributed by atoms with Crippen LogP contribution in [0.25, 0.3) is 0 Å². The van der Waals surface area contributed by atoms with Crippen LogP contribution in [-0.4, -0.2) is 23.8 Å². The number of nitrogens with two attached hydrogens (primary N) is 1. The maximum atomic E-state index is 11.8. The molecule has 1 aliphatic carbocycles. The highest BCUT2D eigenvalue weighted by atomic mass is 16.2. The molecule has 1 fully saturated rings. The van der Waals surface area contributed by atoms with Gasteiger partial charge in [0, 0.05) is 17.3 Å².